The van der Waals surface area contributed by atoms with E-state index >= 15 is 0 Å². The molecule has 1 unspecified atom stereocenters. The number of carboxylic acid groups (broad SMARTS) is 1. The summed E-state index contributed by atoms with van der Waals surface area (Å²) in [4.78, 5) is 28.8. The molecule has 0 aliphatic carbocycles. The van der Waals surface area contributed by atoms with Crippen LogP contribution in [-0.2, 0) is 22.6 Å². The Bertz CT molecular complexity index is 703. The molecule has 0 aliphatic rings. The molecule has 1 heterocycles. The standard InChI is InChI=1S/C18H20N2O4/c1-13-8-15(11-19-10-13)9-16(17(21)22)20(2)18(23)24-12-14-6-4-3-5-7-14/h3-8,10-11,16H,9,12H2,1-2H3,(H,21,22). The summed E-state index contributed by atoms with van der Waals surface area (Å²) in [6.07, 6.45) is 2.79. The van der Waals surface area contributed by atoms with Crippen LogP contribution in [0.25, 0.3) is 0 Å². The molecule has 2 aromatic rings. The minimum atomic E-state index is -1.09. The van der Waals surface area contributed by atoms with Gasteiger partial charge in [-0.1, -0.05) is 36.4 Å². The zero-order valence-corrected chi connectivity index (χ0v) is 13.7. The predicted octanol–water partition coefficient (Wildman–Crippen LogP) is 2.65. The number of hydrogen-bond donors (Lipinski definition) is 1. The lowest BCUT2D eigenvalue weighted by Gasteiger charge is -2.24. The number of aromatic nitrogens is 1. The molecule has 6 nitrogen and oxygen atoms in total. The number of amides is 1. The highest BCUT2D eigenvalue weighted by Crippen LogP contribution is 2.11. The van der Waals surface area contributed by atoms with Crippen LogP contribution in [0.4, 0.5) is 4.79 Å². The topological polar surface area (TPSA) is 79.7 Å². The van der Waals surface area contributed by atoms with Gasteiger partial charge in [-0.15, -0.1) is 0 Å². The van der Waals surface area contributed by atoms with Crippen LogP contribution in [0.5, 0.6) is 0 Å². The molecule has 1 amide bonds. The molecule has 24 heavy (non-hydrogen) atoms. The minimum absolute atomic E-state index is 0.0996. The molecule has 0 radical (unpaired) electrons. The first-order chi connectivity index (χ1) is 11.5. The highest BCUT2D eigenvalue weighted by molar-refractivity contribution is 5.80. The van der Waals surface area contributed by atoms with Crippen LogP contribution >= 0.6 is 0 Å². The number of pyridine rings is 1. The third kappa shape index (κ3) is 4.81. The Balaban J connectivity index is 2.01. The molecular weight excluding hydrogens is 308 g/mol. The van der Waals surface area contributed by atoms with E-state index in [2.05, 4.69) is 4.98 Å². The summed E-state index contributed by atoms with van der Waals surface area (Å²) in [6, 6.07) is 10.1. The number of aryl methyl sites for hydroxylation is 1. The SMILES string of the molecule is Cc1cncc(CC(C(=O)O)N(C)C(=O)OCc2ccccc2)c1. The minimum Gasteiger partial charge on any atom is -0.480 e. The zero-order valence-electron chi connectivity index (χ0n) is 13.7. The van der Waals surface area contributed by atoms with Gasteiger partial charge in [-0.3, -0.25) is 9.88 Å². The molecule has 126 valence electrons. The third-order valence-electron chi connectivity index (χ3n) is 3.61. The van der Waals surface area contributed by atoms with Crippen LogP contribution in [0, 0.1) is 6.92 Å². The summed E-state index contributed by atoms with van der Waals surface area (Å²) in [5, 5.41) is 9.44. The van der Waals surface area contributed by atoms with Gasteiger partial charge in [0.05, 0.1) is 0 Å². The van der Waals surface area contributed by atoms with Gasteiger partial charge in [0.2, 0.25) is 0 Å². The van der Waals surface area contributed by atoms with Gasteiger partial charge < -0.3 is 9.84 Å². The number of ether oxygens (including phenoxy) is 1. The van der Waals surface area contributed by atoms with Gasteiger partial charge in [-0.25, -0.2) is 9.59 Å². The van der Waals surface area contributed by atoms with Crippen molar-refractivity contribution in [3.8, 4) is 0 Å². The fourth-order valence-electron chi connectivity index (χ4n) is 2.29. The molecule has 0 saturated carbocycles. The molecule has 0 bridgehead atoms. The van der Waals surface area contributed by atoms with Crippen molar-refractivity contribution in [3.63, 3.8) is 0 Å². The Kier molecular flexibility index (Phi) is 5.89. The second-order valence-electron chi connectivity index (χ2n) is 5.58. The largest absolute Gasteiger partial charge is 0.480 e. The van der Waals surface area contributed by atoms with Gasteiger partial charge in [0, 0.05) is 25.9 Å². The Morgan fingerprint density at radius 3 is 2.54 bits per heavy atom. The normalized spacial score (nSPS) is 11.6. The lowest BCUT2D eigenvalue weighted by molar-refractivity contribution is -0.142. The molecular formula is C18H20N2O4. The first-order valence-corrected chi connectivity index (χ1v) is 7.54. The van der Waals surface area contributed by atoms with Crippen molar-refractivity contribution in [2.75, 3.05) is 7.05 Å². The van der Waals surface area contributed by atoms with E-state index in [0.717, 1.165) is 21.6 Å². The summed E-state index contributed by atoms with van der Waals surface area (Å²) in [6.45, 7) is 1.98. The summed E-state index contributed by atoms with van der Waals surface area (Å²) >= 11 is 0. The quantitative estimate of drug-likeness (QED) is 0.882. The van der Waals surface area contributed by atoms with Crippen LogP contribution in [0.1, 0.15) is 16.7 Å². The van der Waals surface area contributed by atoms with E-state index in [9.17, 15) is 14.7 Å². The Hall–Kier alpha value is -2.89. The second kappa shape index (κ2) is 8.10. The van der Waals surface area contributed by atoms with Crippen LogP contribution in [0.3, 0.4) is 0 Å². The maximum atomic E-state index is 12.1. The lowest BCUT2D eigenvalue weighted by atomic mass is 10.1. The van der Waals surface area contributed by atoms with E-state index in [-0.39, 0.29) is 13.0 Å². The molecule has 0 fully saturated rings. The summed E-state index contributed by atoms with van der Waals surface area (Å²) in [5.41, 5.74) is 2.53. The first kappa shape index (κ1) is 17.5. The predicted molar refractivity (Wildman–Crippen MR) is 88.5 cm³/mol. The van der Waals surface area contributed by atoms with Crippen molar-refractivity contribution in [2.45, 2.75) is 26.0 Å². The van der Waals surface area contributed by atoms with Crippen LogP contribution in [0.15, 0.2) is 48.8 Å². The van der Waals surface area contributed by atoms with E-state index in [0.29, 0.717) is 0 Å². The van der Waals surface area contributed by atoms with Crippen LogP contribution < -0.4 is 0 Å². The molecule has 0 spiro atoms. The van der Waals surface area contributed by atoms with Crippen LogP contribution in [0.2, 0.25) is 0 Å². The molecule has 1 aromatic carbocycles. The maximum absolute atomic E-state index is 12.1. The second-order valence-corrected chi connectivity index (χ2v) is 5.58. The lowest BCUT2D eigenvalue weighted by Crippen LogP contribution is -2.44. The number of benzene rings is 1. The Labute approximate surface area is 140 Å². The third-order valence-corrected chi connectivity index (χ3v) is 3.61. The number of rotatable bonds is 6. The number of carboxylic acids is 1. The van der Waals surface area contributed by atoms with Crippen molar-refractivity contribution < 1.29 is 19.4 Å². The van der Waals surface area contributed by atoms with E-state index in [1.807, 2.05) is 43.3 Å². The molecule has 6 heteroatoms. The van der Waals surface area contributed by atoms with Gasteiger partial charge in [0.1, 0.15) is 12.6 Å². The maximum Gasteiger partial charge on any atom is 0.410 e. The Morgan fingerprint density at radius 1 is 1.21 bits per heavy atom. The molecule has 1 aromatic heterocycles. The van der Waals surface area contributed by atoms with Crippen molar-refractivity contribution in [3.05, 3.63) is 65.5 Å². The van der Waals surface area contributed by atoms with E-state index in [1.165, 1.54) is 7.05 Å². The van der Waals surface area contributed by atoms with Gasteiger partial charge in [0.25, 0.3) is 0 Å². The van der Waals surface area contributed by atoms with Crippen molar-refractivity contribution in [1.82, 2.24) is 9.88 Å². The monoisotopic (exact) mass is 328 g/mol. The van der Waals surface area contributed by atoms with Crippen molar-refractivity contribution in [2.24, 2.45) is 0 Å². The molecule has 0 aliphatic heterocycles. The molecule has 1 atom stereocenters. The van der Waals surface area contributed by atoms with Crippen molar-refractivity contribution in [1.29, 1.82) is 0 Å². The number of hydrogen-bond acceptors (Lipinski definition) is 4. The van der Waals surface area contributed by atoms with E-state index in [4.69, 9.17) is 4.74 Å². The average molecular weight is 328 g/mol. The van der Waals surface area contributed by atoms with Crippen molar-refractivity contribution >= 4 is 12.1 Å². The summed E-state index contributed by atoms with van der Waals surface area (Å²) < 4.78 is 5.19. The number of likely N-dealkylation sites (N-methyl/N-ethyl adjacent to an activating group) is 1. The molecule has 0 saturated heterocycles. The number of aliphatic carboxylic acids is 1. The zero-order chi connectivity index (χ0) is 17.5. The van der Waals surface area contributed by atoms with Gasteiger partial charge in [-0.2, -0.15) is 0 Å². The molecule has 1 N–H and O–H groups in total. The summed E-state index contributed by atoms with van der Waals surface area (Å²) in [7, 11) is 1.43. The fraction of sp³-hybridized carbons (Fsp3) is 0.278. The summed E-state index contributed by atoms with van der Waals surface area (Å²) in [5.74, 6) is -1.09. The van der Waals surface area contributed by atoms with E-state index in [1.54, 1.807) is 12.4 Å². The smallest absolute Gasteiger partial charge is 0.410 e. The van der Waals surface area contributed by atoms with Gasteiger partial charge >= 0.3 is 12.1 Å². The van der Waals surface area contributed by atoms with E-state index < -0.39 is 18.1 Å². The number of carbonyl (C=O) groups is 2. The van der Waals surface area contributed by atoms with Gasteiger partial charge in [0.15, 0.2) is 0 Å². The first-order valence-electron chi connectivity index (χ1n) is 7.54. The number of nitrogens with zero attached hydrogens (tertiary/aromatic N) is 2. The molecule has 2 rings (SSSR count). The Morgan fingerprint density at radius 2 is 1.92 bits per heavy atom. The van der Waals surface area contributed by atoms with Gasteiger partial charge in [-0.05, 0) is 23.6 Å². The number of carbonyl (C=O) groups excluding carboxylic acids is 1. The highest BCUT2D eigenvalue weighted by atomic mass is 16.6. The fourth-order valence-corrected chi connectivity index (χ4v) is 2.29. The van der Waals surface area contributed by atoms with Crippen LogP contribution in [-0.4, -0.2) is 40.1 Å². The highest BCUT2D eigenvalue weighted by Gasteiger charge is 2.28. The average Bonchev–Trinajstić information content (AvgIpc) is 2.57.